The molecule has 0 saturated carbocycles. The summed E-state index contributed by atoms with van der Waals surface area (Å²) in [6.45, 7) is 1.95. The first-order chi connectivity index (χ1) is 8.65. The van der Waals surface area contributed by atoms with Gasteiger partial charge in [0.15, 0.2) is 5.12 Å². The Bertz CT molecular complexity index is 578. The summed E-state index contributed by atoms with van der Waals surface area (Å²) in [6, 6.07) is 12.1. The van der Waals surface area contributed by atoms with Crippen molar-refractivity contribution in [1.82, 2.24) is 0 Å². The maximum atomic E-state index is 11.7. The van der Waals surface area contributed by atoms with Gasteiger partial charge in [-0.1, -0.05) is 43.0 Å². The van der Waals surface area contributed by atoms with E-state index >= 15 is 0 Å². The molecule has 94 valence electrons. The average Bonchev–Trinajstić information content (AvgIpc) is 2.44. The van der Waals surface area contributed by atoms with Gasteiger partial charge in [0.1, 0.15) is 5.75 Å². The third-order valence-electron chi connectivity index (χ3n) is 3.13. The van der Waals surface area contributed by atoms with Crippen LogP contribution in [0.3, 0.4) is 0 Å². The Kier molecular flexibility index (Phi) is 3.92. The van der Waals surface area contributed by atoms with E-state index in [9.17, 15) is 4.79 Å². The summed E-state index contributed by atoms with van der Waals surface area (Å²) in [5.41, 5.74) is 1.06. The fourth-order valence-electron chi connectivity index (χ4n) is 1.95. The van der Waals surface area contributed by atoms with Gasteiger partial charge in [0.05, 0.1) is 13.0 Å². The standard InChI is InChI=1S/C15H16O2S/c1-10(15(16)18-3)11-4-5-13-9-14(17-2)7-6-12(13)8-11/h4-10H,1-3H3/t10-/m1/s1. The van der Waals surface area contributed by atoms with E-state index in [0.717, 1.165) is 22.1 Å². The quantitative estimate of drug-likeness (QED) is 0.838. The number of thioether (sulfide) groups is 1. The fourth-order valence-corrected chi connectivity index (χ4v) is 2.44. The highest BCUT2D eigenvalue weighted by Gasteiger charge is 2.14. The fraction of sp³-hybridized carbons (Fsp3) is 0.267. The number of hydrogen-bond acceptors (Lipinski definition) is 3. The lowest BCUT2D eigenvalue weighted by atomic mass is 9.99. The molecule has 18 heavy (non-hydrogen) atoms. The molecule has 0 aliphatic rings. The number of fused-ring (bicyclic) bond motifs is 1. The van der Waals surface area contributed by atoms with Crippen LogP contribution in [0.15, 0.2) is 36.4 Å². The molecule has 0 spiro atoms. The second-order valence-electron chi connectivity index (χ2n) is 4.22. The molecule has 2 rings (SSSR count). The third-order valence-corrected chi connectivity index (χ3v) is 3.88. The summed E-state index contributed by atoms with van der Waals surface area (Å²) in [5.74, 6) is 0.787. The lowest BCUT2D eigenvalue weighted by Crippen LogP contribution is -2.03. The lowest BCUT2D eigenvalue weighted by Gasteiger charge is -2.10. The topological polar surface area (TPSA) is 26.3 Å². The van der Waals surface area contributed by atoms with Crippen LogP contribution in [0.1, 0.15) is 18.4 Å². The second kappa shape index (κ2) is 5.44. The van der Waals surface area contributed by atoms with Gasteiger partial charge in [0.2, 0.25) is 0 Å². The van der Waals surface area contributed by atoms with Gasteiger partial charge in [-0.25, -0.2) is 0 Å². The van der Waals surface area contributed by atoms with Gasteiger partial charge in [-0.2, -0.15) is 0 Å². The van der Waals surface area contributed by atoms with Crippen LogP contribution in [0.2, 0.25) is 0 Å². The molecule has 1 atom stereocenters. The van der Waals surface area contributed by atoms with Crippen molar-refractivity contribution in [2.45, 2.75) is 12.8 Å². The molecule has 0 N–H and O–H groups in total. The molecule has 2 aromatic rings. The summed E-state index contributed by atoms with van der Waals surface area (Å²) in [5, 5.41) is 2.46. The van der Waals surface area contributed by atoms with Gasteiger partial charge in [-0.3, -0.25) is 4.79 Å². The van der Waals surface area contributed by atoms with Gasteiger partial charge in [-0.15, -0.1) is 0 Å². The Labute approximate surface area is 111 Å². The van der Waals surface area contributed by atoms with E-state index in [0.29, 0.717) is 0 Å². The number of hydrogen-bond donors (Lipinski definition) is 0. The zero-order chi connectivity index (χ0) is 13.1. The van der Waals surface area contributed by atoms with E-state index < -0.39 is 0 Å². The van der Waals surface area contributed by atoms with E-state index in [-0.39, 0.29) is 11.0 Å². The van der Waals surface area contributed by atoms with Gasteiger partial charge in [0, 0.05) is 0 Å². The van der Waals surface area contributed by atoms with Crippen LogP contribution in [0.5, 0.6) is 5.75 Å². The molecule has 0 aliphatic heterocycles. The summed E-state index contributed by atoms with van der Waals surface area (Å²) in [7, 11) is 1.66. The van der Waals surface area contributed by atoms with E-state index in [4.69, 9.17) is 4.74 Å². The zero-order valence-corrected chi connectivity index (χ0v) is 11.6. The SMILES string of the molecule is COc1ccc2cc([C@@H](C)C(=O)SC)ccc2c1. The predicted octanol–water partition coefficient (Wildman–Crippen LogP) is 3.84. The van der Waals surface area contributed by atoms with Crippen molar-refractivity contribution in [3.63, 3.8) is 0 Å². The Morgan fingerprint density at radius 2 is 1.83 bits per heavy atom. The summed E-state index contributed by atoms with van der Waals surface area (Å²) < 4.78 is 5.20. The normalized spacial score (nSPS) is 12.4. The Morgan fingerprint density at radius 1 is 1.17 bits per heavy atom. The summed E-state index contributed by atoms with van der Waals surface area (Å²) in [4.78, 5) is 11.7. The van der Waals surface area contributed by atoms with E-state index in [1.807, 2.05) is 43.5 Å². The Morgan fingerprint density at radius 3 is 2.50 bits per heavy atom. The molecule has 0 bridgehead atoms. The number of ether oxygens (including phenoxy) is 1. The van der Waals surface area contributed by atoms with Crippen LogP contribution in [-0.4, -0.2) is 18.5 Å². The minimum absolute atomic E-state index is 0.0634. The lowest BCUT2D eigenvalue weighted by molar-refractivity contribution is -0.111. The van der Waals surface area contributed by atoms with Crippen molar-refractivity contribution in [2.24, 2.45) is 0 Å². The number of benzene rings is 2. The van der Waals surface area contributed by atoms with Crippen LogP contribution in [0, 0.1) is 0 Å². The highest BCUT2D eigenvalue weighted by Crippen LogP contribution is 2.27. The zero-order valence-electron chi connectivity index (χ0n) is 10.8. The minimum atomic E-state index is -0.0634. The smallest absolute Gasteiger partial charge is 0.195 e. The molecule has 0 unspecified atom stereocenters. The average molecular weight is 260 g/mol. The van der Waals surface area contributed by atoms with Crippen molar-refractivity contribution in [3.05, 3.63) is 42.0 Å². The first-order valence-electron chi connectivity index (χ1n) is 5.81. The van der Waals surface area contributed by atoms with Gasteiger partial charge in [0.25, 0.3) is 0 Å². The van der Waals surface area contributed by atoms with Gasteiger partial charge >= 0.3 is 0 Å². The molecule has 0 fully saturated rings. The summed E-state index contributed by atoms with van der Waals surface area (Å²) in [6.07, 6.45) is 1.82. The first-order valence-corrected chi connectivity index (χ1v) is 7.03. The molecule has 3 heteroatoms. The first kappa shape index (κ1) is 13.0. The molecule has 0 amide bonds. The summed E-state index contributed by atoms with van der Waals surface area (Å²) >= 11 is 1.28. The Balaban J connectivity index is 2.42. The number of rotatable bonds is 3. The minimum Gasteiger partial charge on any atom is -0.497 e. The molecule has 0 aromatic heterocycles. The van der Waals surface area contributed by atoms with Gasteiger partial charge in [-0.05, 0) is 34.7 Å². The molecule has 0 heterocycles. The number of methoxy groups -OCH3 is 1. The maximum absolute atomic E-state index is 11.7. The van der Waals surface area contributed by atoms with Gasteiger partial charge < -0.3 is 4.74 Å². The van der Waals surface area contributed by atoms with Crippen LogP contribution >= 0.6 is 11.8 Å². The largest absolute Gasteiger partial charge is 0.497 e. The molecule has 0 aliphatic carbocycles. The van der Waals surface area contributed by atoms with Crippen molar-refractivity contribution in [3.8, 4) is 5.75 Å². The molecule has 0 radical (unpaired) electrons. The second-order valence-corrected chi connectivity index (χ2v) is 5.03. The maximum Gasteiger partial charge on any atom is 0.195 e. The highest BCUT2D eigenvalue weighted by atomic mass is 32.2. The third kappa shape index (κ3) is 2.51. The van der Waals surface area contributed by atoms with Crippen molar-refractivity contribution in [1.29, 1.82) is 0 Å². The highest BCUT2D eigenvalue weighted by molar-refractivity contribution is 8.13. The van der Waals surface area contributed by atoms with E-state index in [1.165, 1.54) is 11.8 Å². The van der Waals surface area contributed by atoms with Crippen LogP contribution in [0.25, 0.3) is 10.8 Å². The molecule has 2 aromatic carbocycles. The molecular weight excluding hydrogens is 244 g/mol. The van der Waals surface area contributed by atoms with E-state index in [1.54, 1.807) is 7.11 Å². The van der Waals surface area contributed by atoms with E-state index in [2.05, 4.69) is 6.07 Å². The van der Waals surface area contributed by atoms with Crippen molar-refractivity contribution < 1.29 is 9.53 Å². The van der Waals surface area contributed by atoms with Crippen molar-refractivity contribution in [2.75, 3.05) is 13.4 Å². The Hall–Kier alpha value is -1.48. The molecular formula is C15H16O2S. The van der Waals surface area contributed by atoms with Crippen LogP contribution in [0.4, 0.5) is 0 Å². The number of carbonyl (C=O) groups is 1. The van der Waals surface area contributed by atoms with Crippen molar-refractivity contribution >= 4 is 27.6 Å². The van der Waals surface area contributed by atoms with Crippen LogP contribution in [-0.2, 0) is 4.79 Å². The monoisotopic (exact) mass is 260 g/mol. The molecule has 0 saturated heterocycles. The molecule has 2 nitrogen and oxygen atoms in total. The number of carbonyl (C=O) groups excluding carboxylic acids is 1. The predicted molar refractivity (Wildman–Crippen MR) is 77.4 cm³/mol. The van der Waals surface area contributed by atoms with Crippen LogP contribution < -0.4 is 4.74 Å².